The van der Waals surface area contributed by atoms with Gasteiger partial charge in [0.1, 0.15) is 34.4 Å². The Morgan fingerprint density at radius 1 is 0.432 bits per heavy atom. The highest BCUT2D eigenvalue weighted by Crippen LogP contribution is 2.30. The predicted octanol–water partition coefficient (Wildman–Crippen LogP) is 15.4. The molecule has 0 fully saturated rings. The molecule has 1 unspecified atom stereocenters. The Hall–Kier alpha value is -10.0. The number of nitrogens with zero attached hydrogens (tertiary/aromatic N) is 12. The molecule has 0 spiro atoms. The van der Waals surface area contributed by atoms with Crippen molar-refractivity contribution in [2.45, 2.75) is 221 Å². The van der Waals surface area contributed by atoms with Crippen molar-refractivity contribution in [3.8, 4) is 0 Å². The number of furan rings is 4. The van der Waals surface area contributed by atoms with Gasteiger partial charge in [-0.05, 0) is 196 Å². The third-order valence-electron chi connectivity index (χ3n) is 22.1. The van der Waals surface area contributed by atoms with Crippen molar-refractivity contribution in [1.29, 1.82) is 0 Å². The molecule has 0 saturated carbocycles. The lowest BCUT2D eigenvalue weighted by Crippen LogP contribution is -2.50. The molecule has 34 nitrogen and oxygen atoms in total. The van der Waals surface area contributed by atoms with Gasteiger partial charge in [-0.25, -0.2) is 52.1 Å². The molecule has 7 heterocycles. The van der Waals surface area contributed by atoms with E-state index in [9.17, 15) is 66.1 Å². The lowest BCUT2D eigenvalue weighted by molar-refractivity contribution is -0.135. The van der Waals surface area contributed by atoms with Crippen LogP contribution in [-0.2, 0) is 108 Å². The number of thiazole rings is 1. The first-order valence-electron chi connectivity index (χ1n) is 47.3. The largest absolute Gasteiger partial charge is 0.464 e. The number of sulfonamides is 5. The van der Waals surface area contributed by atoms with E-state index in [1.165, 1.54) is 86.6 Å². The van der Waals surface area contributed by atoms with Crippen LogP contribution in [0, 0.1) is 61.2 Å². The summed E-state index contributed by atoms with van der Waals surface area (Å²) >= 11 is 1.46. The zero-order valence-electron chi connectivity index (χ0n) is 84.6. The molecular weight excluding hydrogens is 1900 g/mol. The lowest BCUT2D eigenvalue weighted by atomic mass is 10.1. The van der Waals surface area contributed by atoms with E-state index in [0.717, 1.165) is 17.0 Å². The van der Waals surface area contributed by atoms with Crippen LogP contribution in [0.5, 0.6) is 0 Å². The molecule has 766 valence electrons. The van der Waals surface area contributed by atoms with Gasteiger partial charge < -0.3 is 47.2 Å². The number of imidazole rings is 1. The van der Waals surface area contributed by atoms with Crippen molar-refractivity contribution in [1.82, 2.24) is 71.6 Å². The minimum Gasteiger partial charge on any atom is -0.464 e. The van der Waals surface area contributed by atoms with Crippen LogP contribution in [0.25, 0.3) is 43.9 Å². The van der Waals surface area contributed by atoms with Gasteiger partial charge in [-0.2, -0.15) is 27.5 Å². The molecule has 11 rings (SSSR count). The summed E-state index contributed by atoms with van der Waals surface area (Å²) in [6.45, 7) is 42.7. The van der Waals surface area contributed by atoms with E-state index in [0.29, 0.717) is 152 Å². The van der Waals surface area contributed by atoms with Crippen LogP contribution in [-0.4, -0.2) is 225 Å². The van der Waals surface area contributed by atoms with E-state index in [1.54, 1.807) is 122 Å². The van der Waals surface area contributed by atoms with Gasteiger partial charge in [0.05, 0.1) is 112 Å². The van der Waals surface area contributed by atoms with E-state index in [2.05, 4.69) is 29.8 Å². The minimum absolute atomic E-state index is 0.0407. The number of hydrogen-bond donors (Lipinski definition) is 3. The number of nitrogens with one attached hydrogen (secondary N) is 3. The van der Waals surface area contributed by atoms with Crippen LogP contribution in [0.4, 0.5) is 0 Å². The third kappa shape index (κ3) is 35.3. The average molecular weight is 2040 g/mol. The van der Waals surface area contributed by atoms with Gasteiger partial charge in [0.15, 0.2) is 0 Å². The lowest BCUT2D eigenvalue weighted by Gasteiger charge is -2.30. The smallest absolute Gasteiger partial charge is 0.243 e. The number of fused-ring (bicyclic) bond motifs is 4. The number of rotatable bonds is 49. The summed E-state index contributed by atoms with van der Waals surface area (Å²) in [6, 6.07) is 25.5. The fourth-order valence-corrected chi connectivity index (χ4v) is 22.4. The second kappa shape index (κ2) is 52.1. The predicted molar refractivity (Wildman–Crippen MR) is 543 cm³/mol. The van der Waals surface area contributed by atoms with Crippen LogP contribution in [0.3, 0.4) is 0 Å². The van der Waals surface area contributed by atoms with E-state index >= 15 is 0 Å². The second-order valence-corrected chi connectivity index (χ2v) is 49.3. The summed E-state index contributed by atoms with van der Waals surface area (Å²) in [7, 11) is -15.8. The summed E-state index contributed by atoms with van der Waals surface area (Å²) < 4.78 is 167. The van der Waals surface area contributed by atoms with Crippen LogP contribution in [0.1, 0.15) is 184 Å². The quantitative estimate of drug-likeness (QED) is 0.0298. The SMILES string of the molecule is CC(=O)NCCCC[C@H](NS(=O)(=O)c1ccc2occc2c1)C(=O)N(CC(C)C)CC(C)C.CC(C)CN(CC(C)C)C(=O)CN(Cc1cncn1C)S(=O)(=O)c1ccc2occc2c1.Cc1cc(CN(CCCCC(NS(=O)(=O)c2ccc3occc3c2)C(=O)N(CC(C)C)CC(C)C)S(C)(=O)=O)nn1C.Cc1nc(CN(CC(=O)N(CC(C)C)CC(C)C)S(=O)(=O)c2ccc3occc3c2)cs1. The van der Waals surface area contributed by atoms with E-state index in [1.807, 2.05) is 136 Å². The molecule has 40 heteroatoms. The van der Waals surface area contributed by atoms with Crippen molar-refractivity contribution < 1.29 is 83.7 Å². The first-order chi connectivity index (χ1) is 65.2. The Balaban J connectivity index is 0.000000229. The summed E-state index contributed by atoms with van der Waals surface area (Å²) in [5.41, 5.74) is 5.29. The molecule has 0 aliphatic rings. The van der Waals surface area contributed by atoms with Crippen LogP contribution in [0.2, 0.25) is 0 Å². The Kier molecular flexibility index (Phi) is 42.8. The van der Waals surface area contributed by atoms with E-state index < -0.39 is 62.2 Å². The number of aryl methyl sites for hydroxylation is 4. The summed E-state index contributed by atoms with van der Waals surface area (Å²) in [5.74, 6) is 1.03. The zero-order chi connectivity index (χ0) is 103. The standard InChI is InChI=1S/C29H45N5O6S2.C24H37N3O5S.C23H32N4O4S.C23H31N3O4S2/c1-21(2)18-33(19-22(3)4)29(35)27(31-42(38,39)26-11-12-28-24(17-26)13-15-40-28)10-8-9-14-34(41(7,36)37)20-25-16-23(5)32(6)30-25;1-17(2)15-27(16-18(3)4)24(29)22(8-6-7-12-25-19(5)28)26-33(30,31)21-9-10-23-20(14-21)11-13-32-23;1-17(2)12-26(13-18(3)4)23(28)15-27(14-20-11-24-16-25(20)5)32(29,30)21-6-7-22-19(10-21)8-9-31-22;1-16(2)11-25(12-17(3)4)23(27)14-26(13-20-15-31-18(5)24-20)32(28,29)21-6-7-22-19(10-21)8-9-30-22/h11-13,15-17,21-22,27,31H,8-10,14,18-20H2,1-7H3;9-11,13-14,17-18,22,26H,6-8,12,15-16H2,1-5H3,(H,25,28);6-11,16-18H,12-15H2,1-5H3;6-10,15-17H,11-14H2,1-5H3/t;22-;;/m.0../s1. The highest BCUT2D eigenvalue weighted by Gasteiger charge is 2.36. The molecule has 7 aromatic heterocycles. The molecule has 139 heavy (non-hydrogen) atoms. The maximum Gasteiger partial charge on any atom is 0.243 e. The number of aromatic nitrogens is 5. The molecule has 2 atom stereocenters. The molecule has 11 aromatic rings. The number of unbranched alkanes of at least 4 members (excludes halogenated alkanes) is 2. The number of amides is 5. The number of hydrogen-bond acceptors (Lipinski definition) is 23. The number of carbonyl (C=O) groups is 5. The van der Waals surface area contributed by atoms with Gasteiger partial charge in [-0.15, -0.1) is 11.3 Å². The van der Waals surface area contributed by atoms with Gasteiger partial charge in [-0.1, -0.05) is 117 Å². The molecule has 0 bridgehead atoms. The molecule has 0 aliphatic heterocycles. The van der Waals surface area contributed by atoms with Crippen molar-refractivity contribution in [3.63, 3.8) is 0 Å². The van der Waals surface area contributed by atoms with Crippen molar-refractivity contribution in [2.75, 3.05) is 84.8 Å². The zero-order valence-corrected chi connectivity index (χ0v) is 89.5. The monoisotopic (exact) mass is 2040 g/mol. The number of carbonyl (C=O) groups excluding carboxylic acids is 5. The minimum atomic E-state index is -4.04. The highest BCUT2D eigenvalue weighted by molar-refractivity contribution is 7.90. The van der Waals surface area contributed by atoms with E-state index in [-0.39, 0.29) is 142 Å². The molecule has 3 N–H and O–H groups in total. The molecule has 0 radical (unpaired) electrons. The van der Waals surface area contributed by atoms with Crippen LogP contribution < -0.4 is 14.8 Å². The fourth-order valence-electron chi connectivity index (χ4n) is 15.7. The Morgan fingerprint density at radius 3 is 1.12 bits per heavy atom. The van der Waals surface area contributed by atoms with E-state index in [4.69, 9.17) is 17.7 Å². The Bertz CT molecular complexity index is 6390. The van der Waals surface area contributed by atoms with Crippen molar-refractivity contribution in [3.05, 3.63) is 174 Å². The maximum absolute atomic E-state index is 13.8. The Labute approximate surface area is 826 Å². The second-order valence-electron chi connectivity index (χ2n) is 38.9. The summed E-state index contributed by atoms with van der Waals surface area (Å²) in [4.78, 5) is 80.8. The van der Waals surface area contributed by atoms with Gasteiger partial charge in [0.2, 0.25) is 79.7 Å². The first-order valence-corrected chi connectivity index (χ1v) is 55.9. The molecule has 0 saturated heterocycles. The maximum atomic E-state index is 13.8. The van der Waals surface area contributed by atoms with Gasteiger partial charge in [0.25, 0.3) is 0 Å². The molecule has 0 aliphatic carbocycles. The van der Waals surface area contributed by atoms with Crippen molar-refractivity contribution in [2.24, 2.45) is 61.4 Å². The van der Waals surface area contributed by atoms with Gasteiger partial charge >= 0.3 is 0 Å². The van der Waals surface area contributed by atoms with Gasteiger partial charge in [-0.3, -0.25) is 28.7 Å². The summed E-state index contributed by atoms with van der Waals surface area (Å²) in [6.07, 6.45) is 13.1. The van der Waals surface area contributed by atoms with Crippen molar-refractivity contribution >= 4 is 135 Å². The first kappa shape index (κ1) is 114. The molecular formula is C99H145N15O19S6. The number of benzene rings is 4. The fraction of sp³-hybridized carbons (Fsp3) is 0.535. The third-order valence-corrected chi connectivity index (χ3v) is 30.7. The molecule has 4 aromatic carbocycles. The Morgan fingerprint density at radius 2 is 0.784 bits per heavy atom. The normalized spacial score (nSPS) is 12.8. The summed E-state index contributed by atoms with van der Waals surface area (Å²) in [5, 5.41) is 12.5. The van der Waals surface area contributed by atoms with Crippen LogP contribution >= 0.6 is 11.3 Å². The average Bonchev–Trinajstić information content (AvgIpc) is 1.78. The van der Waals surface area contributed by atoms with Gasteiger partial charge in [0, 0.05) is 125 Å². The highest BCUT2D eigenvalue weighted by atomic mass is 32.2. The van der Waals surface area contributed by atoms with Crippen LogP contribution in [0.15, 0.2) is 183 Å². The topological polar surface area (TPSA) is 416 Å². The molecule has 5 amide bonds.